The number of esters is 1. The van der Waals surface area contributed by atoms with Crippen molar-refractivity contribution in [3.05, 3.63) is 48.0 Å². The molecule has 0 aliphatic heterocycles. The van der Waals surface area contributed by atoms with Gasteiger partial charge in [-0.3, -0.25) is 4.79 Å². The maximum Gasteiger partial charge on any atom is 0.317 e. The monoisotopic (exact) mass is 242 g/mol. The average Bonchev–Trinajstić information content (AvgIpc) is 3.01. The van der Waals surface area contributed by atoms with Crippen LogP contribution in [0.3, 0.4) is 0 Å². The number of hydrogen-bond donors (Lipinski definition) is 0. The highest BCUT2D eigenvalue weighted by Crippen LogP contribution is 2.54. The number of rotatable bonds is 3. The lowest BCUT2D eigenvalue weighted by molar-refractivity contribution is -0.151. The molecule has 3 atom stereocenters. The summed E-state index contributed by atoms with van der Waals surface area (Å²) in [6.45, 7) is 2.33. The highest BCUT2D eigenvalue weighted by molar-refractivity contribution is 5.85. The van der Waals surface area contributed by atoms with Gasteiger partial charge in [-0.2, -0.15) is 0 Å². The van der Waals surface area contributed by atoms with Crippen molar-refractivity contribution in [2.45, 2.75) is 25.2 Å². The Bertz CT molecular complexity index is 477. The molecule has 18 heavy (non-hydrogen) atoms. The molecule has 94 valence electrons. The van der Waals surface area contributed by atoms with Crippen LogP contribution in [0.25, 0.3) is 0 Å². The van der Waals surface area contributed by atoms with Crippen LogP contribution in [0.2, 0.25) is 0 Å². The maximum absolute atomic E-state index is 12.5. The van der Waals surface area contributed by atoms with Gasteiger partial charge in [0.15, 0.2) is 0 Å². The molecular formula is C16H18O2. The summed E-state index contributed by atoms with van der Waals surface area (Å²) in [5, 5.41) is 0. The quantitative estimate of drug-likeness (QED) is 0.601. The zero-order valence-corrected chi connectivity index (χ0v) is 10.6. The van der Waals surface area contributed by atoms with Gasteiger partial charge in [-0.25, -0.2) is 0 Å². The molecule has 2 bridgehead atoms. The van der Waals surface area contributed by atoms with E-state index in [1.807, 2.05) is 25.1 Å². The maximum atomic E-state index is 12.5. The van der Waals surface area contributed by atoms with Crippen LogP contribution >= 0.6 is 0 Å². The molecule has 0 N–H and O–H groups in total. The molecule has 0 spiro atoms. The molecule has 1 aromatic rings. The fourth-order valence-corrected chi connectivity index (χ4v) is 3.54. The van der Waals surface area contributed by atoms with Crippen molar-refractivity contribution in [3.8, 4) is 0 Å². The van der Waals surface area contributed by atoms with Crippen LogP contribution in [-0.4, -0.2) is 12.6 Å². The number of hydrogen-bond acceptors (Lipinski definition) is 2. The van der Waals surface area contributed by atoms with E-state index in [9.17, 15) is 4.79 Å². The van der Waals surface area contributed by atoms with Gasteiger partial charge in [0.25, 0.3) is 0 Å². The van der Waals surface area contributed by atoms with Crippen molar-refractivity contribution in [2.24, 2.45) is 11.8 Å². The molecule has 0 saturated heterocycles. The van der Waals surface area contributed by atoms with Gasteiger partial charge in [0, 0.05) is 0 Å². The Hall–Kier alpha value is -1.57. The molecular weight excluding hydrogens is 224 g/mol. The van der Waals surface area contributed by atoms with Gasteiger partial charge in [0.1, 0.15) is 0 Å². The van der Waals surface area contributed by atoms with Crippen molar-refractivity contribution in [1.82, 2.24) is 0 Å². The molecule has 2 nitrogen and oxygen atoms in total. The lowest BCUT2D eigenvalue weighted by Gasteiger charge is -2.33. The van der Waals surface area contributed by atoms with Gasteiger partial charge in [-0.05, 0) is 37.2 Å². The number of carbonyl (C=O) groups is 1. The second-order valence-electron chi connectivity index (χ2n) is 5.25. The van der Waals surface area contributed by atoms with Gasteiger partial charge >= 0.3 is 5.97 Å². The topological polar surface area (TPSA) is 26.3 Å². The first-order valence-corrected chi connectivity index (χ1v) is 6.68. The third kappa shape index (κ3) is 1.52. The summed E-state index contributed by atoms with van der Waals surface area (Å²) < 4.78 is 5.36. The van der Waals surface area contributed by atoms with E-state index in [0.29, 0.717) is 18.4 Å². The van der Waals surface area contributed by atoms with Gasteiger partial charge in [-0.1, -0.05) is 42.5 Å². The minimum Gasteiger partial charge on any atom is -0.465 e. The molecule has 0 radical (unpaired) electrons. The third-order valence-electron chi connectivity index (χ3n) is 4.32. The van der Waals surface area contributed by atoms with E-state index in [1.54, 1.807) is 0 Å². The highest BCUT2D eigenvalue weighted by Gasteiger charge is 2.55. The second kappa shape index (κ2) is 4.27. The summed E-state index contributed by atoms with van der Waals surface area (Å²) in [7, 11) is 0. The van der Waals surface area contributed by atoms with Gasteiger partial charge in [0.05, 0.1) is 12.0 Å². The van der Waals surface area contributed by atoms with E-state index in [0.717, 1.165) is 18.4 Å². The first-order valence-electron chi connectivity index (χ1n) is 6.68. The standard InChI is InChI=1S/C16H18O2/c1-2-18-15(17)16(13-6-4-3-5-7-13)11-12-8-9-14(16)10-12/h3-9,12,14H,2,10-11H2,1H3/t12-,14-,16-/m0/s1. The number of benzene rings is 1. The third-order valence-corrected chi connectivity index (χ3v) is 4.32. The van der Waals surface area contributed by atoms with Crippen molar-refractivity contribution < 1.29 is 9.53 Å². The number of carbonyl (C=O) groups excluding carboxylic acids is 1. The molecule has 1 saturated carbocycles. The summed E-state index contributed by atoms with van der Waals surface area (Å²) in [6, 6.07) is 10.1. The molecule has 2 aliphatic rings. The average molecular weight is 242 g/mol. The highest BCUT2D eigenvalue weighted by atomic mass is 16.5. The largest absolute Gasteiger partial charge is 0.465 e. The van der Waals surface area contributed by atoms with E-state index >= 15 is 0 Å². The van der Waals surface area contributed by atoms with Crippen LogP contribution in [0.5, 0.6) is 0 Å². The summed E-state index contributed by atoms with van der Waals surface area (Å²) in [4.78, 5) is 12.5. The molecule has 0 amide bonds. The van der Waals surface area contributed by atoms with Crippen molar-refractivity contribution in [3.63, 3.8) is 0 Å². The Balaban J connectivity index is 2.05. The second-order valence-corrected chi connectivity index (χ2v) is 5.25. The van der Waals surface area contributed by atoms with Crippen molar-refractivity contribution >= 4 is 5.97 Å². The molecule has 1 fully saturated rings. The Morgan fingerprint density at radius 1 is 1.33 bits per heavy atom. The van der Waals surface area contributed by atoms with Crippen LogP contribution in [-0.2, 0) is 14.9 Å². The van der Waals surface area contributed by atoms with E-state index in [1.165, 1.54) is 0 Å². The van der Waals surface area contributed by atoms with Crippen molar-refractivity contribution in [2.75, 3.05) is 6.61 Å². The lowest BCUT2D eigenvalue weighted by atomic mass is 9.70. The summed E-state index contributed by atoms with van der Waals surface area (Å²) in [5.41, 5.74) is 0.678. The van der Waals surface area contributed by atoms with Crippen LogP contribution in [0.4, 0.5) is 0 Å². The minimum absolute atomic E-state index is 0.0481. The first kappa shape index (κ1) is 11.5. The molecule has 0 unspecified atom stereocenters. The smallest absolute Gasteiger partial charge is 0.317 e. The Morgan fingerprint density at radius 2 is 2.11 bits per heavy atom. The number of fused-ring (bicyclic) bond motifs is 2. The minimum atomic E-state index is -0.434. The van der Waals surface area contributed by atoms with E-state index in [-0.39, 0.29) is 5.97 Å². The molecule has 3 rings (SSSR count). The predicted molar refractivity (Wildman–Crippen MR) is 70.1 cm³/mol. The number of allylic oxidation sites excluding steroid dienone is 2. The summed E-state index contributed by atoms with van der Waals surface area (Å²) in [6.07, 6.45) is 6.45. The van der Waals surface area contributed by atoms with Crippen LogP contribution in [0, 0.1) is 11.8 Å². The van der Waals surface area contributed by atoms with Gasteiger partial charge < -0.3 is 4.74 Å². The van der Waals surface area contributed by atoms with E-state index in [4.69, 9.17) is 4.74 Å². The Morgan fingerprint density at radius 3 is 2.67 bits per heavy atom. The van der Waals surface area contributed by atoms with Crippen LogP contribution < -0.4 is 0 Å². The molecule has 0 heterocycles. The van der Waals surface area contributed by atoms with Gasteiger partial charge in [0.2, 0.25) is 0 Å². The normalized spacial score (nSPS) is 32.7. The zero-order valence-electron chi connectivity index (χ0n) is 10.6. The fourth-order valence-electron chi connectivity index (χ4n) is 3.54. The lowest BCUT2D eigenvalue weighted by Crippen LogP contribution is -2.41. The fraction of sp³-hybridized carbons (Fsp3) is 0.438. The van der Waals surface area contributed by atoms with E-state index < -0.39 is 5.41 Å². The van der Waals surface area contributed by atoms with Gasteiger partial charge in [-0.15, -0.1) is 0 Å². The molecule has 1 aromatic carbocycles. The summed E-state index contributed by atoms with van der Waals surface area (Å²) in [5.74, 6) is 0.802. The number of ether oxygens (including phenoxy) is 1. The Labute approximate surface area is 108 Å². The van der Waals surface area contributed by atoms with Crippen molar-refractivity contribution in [1.29, 1.82) is 0 Å². The predicted octanol–water partition coefficient (Wildman–Crippen LogP) is 3.08. The summed E-state index contributed by atoms with van der Waals surface area (Å²) >= 11 is 0. The van der Waals surface area contributed by atoms with Crippen LogP contribution in [0.15, 0.2) is 42.5 Å². The molecule has 2 heteroatoms. The van der Waals surface area contributed by atoms with Crippen LogP contribution in [0.1, 0.15) is 25.3 Å². The first-order chi connectivity index (χ1) is 8.77. The molecule has 2 aliphatic carbocycles. The van der Waals surface area contributed by atoms with E-state index in [2.05, 4.69) is 24.3 Å². The Kier molecular flexibility index (Phi) is 2.73. The zero-order chi connectivity index (χ0) is 12.6. The molecule has 0 aromatic heterocycles. The SMILES string of the molecule is CCOC(=O)[C@]1(c2ccccc2)C[C@H]2C=C[C@H]1C2.